The lowest BCUT2D eigenvalue weighted by atomic mass is 9.52. The van der Waals surface area contributed by atoms with Crippen LogP contribution in [0.25, 0.3) is 0 Å². The van der Waals surface area contributed by atoms with Gasteiger partial charge in [0.2, 0.25) is 15.3 Å². The number of hydrogen-bond acceptors (Lipinski definition) is 4. The zero-order chi connectivity index (χ0) is 34.9. The van der Waals surface area contributed by atoms with Crippen LogP contribution in [0.5, 0.6) is 17.2 Å². The fourth-order valence-corrected chi connectivity index (χ4v) is 8.34. The number of sulfone groups is 1. The normalized spacial score (nSPS) is 15.6. The van der Waals surface area contributed by atoms with Crippen molar-refractivity contribution in [2.75, 3.05) is 0 Å². The van der Waals surface area contributed by atoms with Crippen molar-refractivity contribution in [1.29, 1.82) is 0 Å². The average Bonchev–Trinajstić information content (AvgIpc) is 3.00. The van der Waals surface area contributed by atoms with Crippen LogP contribution in [0.2, 0.25) is 0 Å². The van der Waals surface area contributed by atoms with Gasteiger partial charge >= 0.3 is 12.4 Å². The van der Waals surface area contributed by atoms with E-state index in [0.717, 1.165) is 72.5 Å². The van der Waals surface area contributed by atoms with E-state index >= 15 is 0 Å². The van der Waals surface area contributed by atoms with E-state index in [4.69, 9.17) is 9.47 Å². The van der Waals surface area contributed by atoms with E-state index in [9.17, 15) is 34.8 Å². The summed E-state index contributed by atoms with van der Waals surface area (Å²) in [5.74, 6) is 0.275. The first kappa shape index (κ1) is 33.9. The third-order valence-electron chi connectivity index (χ3n) is 10.0. The van der Waals surface area contributed by atoms with Crippen molar-refractivity contribution in [2.45, 2.75) is 92.0 Å². The molecule has 48 heavy (non-hydrogen) atoms. The second-order valence-corrected chi connectivity index (χ2v) is 15.1. The van der Waals surface area contributed by atoms with Gasteiger partial charge in [-0.05, 0) is 121 Å². The molecule has 0 atom stereocenters. The van der Waals surface area contributed by atoms with E-state index < -0.39 is 44.3 Å². The second-order valence-electron chi connectivity index (χ2n) is 13.2. The van der Waals surface area contributed by atoms with Crippen LogP contribution in [0.3, 0.4) is 0 Å². The molecule has 4 nitrogen and oxygen atoms in total. The molecule has 0 amide bonds. The molecule has 0 bridgehead atoms. The van der Waals surface area contributed by atoms with Gasteiger partial charge in [-0.25, -0.2) is 8.42 Å². The molecule has 6 rings (SSSR count). The highest BCUT2D eigenvalue weighted by Gasteiger charge is 2.72. The summed E-state index contributed by atoms with van der Waals surface area (Å²) >= 11 is 0. The Morgan fingerprint density at radius 1 is 0.667 bits per heavy atom. The molecule has 4 aromatic carbocycles. The Morgan fingerprint density at radius 3 is 1.48 bits per heavy atom. The number of alkyl halides is 6. The van der Waals surface area contributed by atoms with Crippen LogP contribution in [0.15, 0.2) is 94.7 Å². The minimum absolute atomic E-state index is 0.0318. The van der Waals surface area contributed by atoms with Gasteiger partial charge in [0.15, 0.2) is 0 Å². The third kappa shape index (κ3) is 5.34. The van der Waals surface area contributed by atoms with Gasteiger partial charge in [0, 0.05) is 5.41 Å². The third-order valence-corrected chi connectivity index (χ3v) is 11.8. The maximum atomic E-state index is 14.7. The molecule has 254 valence electrons. The SMILES string of the molecule is CCC(C)(CC)Oc1ccc(C(c2ccc(Oc3ccc(S(=O)(=O)c4cc5c6c(c4)CC6(C)C5)cc3)cc2)(C(F)(F)F)C(F)(F)F)cc1. The lowest BCUT2D eigenvalue weighted by Gasteiger charge is -2.51. The Labute approximate surface area is 275 Å². The van der Waals surface area contributed by atoms with Gasteiger partial charge < -0.3 is 9.47 Å². The first-order chi connectivity index (χ1) is 22.4. The summed E-state index contributed by atoms with van der Waals surface area (Å²) in [5.41, 5.74) is -3.51. The van der Waals surface area contributed by atoms with Gasteiger partial charge in [0.25, 0.3) is 0 Å². The molecule has 4 aromatic rings. The van der Waals surface area contributed by atoms with Crippen LogP contribution in [0.1, 0.15) is 68.4 Å². The molecule has 0 N–H and O–H groups in total. The number of ether oxygens (including phenoxy) is 2. The van der Waals surface area contributed by atoms with Gasteiger partial charge in [-0.1, -0.05) is 45.0 Å². The smallest absolute Gasteiger partial charge is 0.411 e. The van der Waals surface area contributed by atoms with Crippen LogP contribution in [0, 0.1) is 0 Å². The summed E-state index contributed by atoms with van der Waals surface area (Å²) in [6.45, 7) is 7.73. The van der Waals surface area contributed by atoms with Gasteiger partial charge in [0.1, 0.15) is 22.8 Å². The van der Waals surface area contributed by atoms with Crippen LogP contribution >= 0.6 is 0 Å². The molecule has 0 fully saturated rings. The van der Waals surface area contributed by atoms with Crippen LogP contribution < -0.4 is 9.47 Å². The van der Waals surface area contributed by atoms with Gasteiger partial charge in [-0.2, -0.15) is 26.3 Å². The average molecular weight is 689 g/mol. The number of halogens is 6. The first-order valence-corrected chi connectivity index (χ1v) is 17.1. The van der Waals surface area contributed by atoms with E-state index in [2.05, 4.69) is 6.92 Å². The zero-order valence-electron chi connectivity index (χ0n) is 26.7. The largest absolute Gasteiger partial charge is 0.488 e. The summed E-state index contributed by atoms with van der Waals surface area (Å²) in [6, 6.07) is 16.2. The monoisotopic (exact) mass is 688 g/mol. The minimum atomic E-state index is -5.75. The highest BCUT2D eigenvalue weighted by atomic mass is 32.2. The topological polar surface area (TPSA) is 52.6 Å². The van der Waals surface area contributed by atoms with E-state index in [1.54, 1.807) is 12.1 Å². The van der Waals surface area contributed by atoms with Crippen molar-refractivity contribution in [3.8, 4) is 17.2 Å². The van der Waals surface area contributed by atoms with E-state index in [-0.39, 0.29) is 32.5 Å². The summed E-state index contributed by atoms with van der Waals surface area (Å²) in [7, 11) is -3.82. The number of benzene rings is 4. The molecular formula is C37H34F6O4S. The minimum Gasteiger partial charge on any atom is -0.488 e. The van der Waals surface area contributed by atoms with E-state index in [1.165, 1.54) is 29.8 Å². The Balaban J connectivity index is 1.25. The molecular weight excluding hydrogens is 654 g/mol. The second kappa shape index (κ2) is 11.3. The van der Waals surface area contributed by atoms with Crippen molar-refractivity contribution >= 4 is 9.84 Å². The molecule has 0 spiro atoms. The molecule has 0 aromatic heterocycles. The van der Waals surface area contributed by atoms with Crippen molar-refractivity contribution in [3.05, 3.63) is 113 Å². The Bertz CT molecular complexity index is 1900. The molecule has 0 radical (unpaired) electrons. The van der Waals surface area contributed by atoms with Gasteiger partial charge in [-0.15, -0.1) is 0 Å². The molecule has 0 aliphatic heterocycles. The summed E-state index contributed by atoms with van der Waals surface area (Å²) in [4.78, 5) is 0.243. The standard InChI is InChI=1S/C37H34F6O4S/c1-5-34(4,6-2)47-29-13-9-26(10-14-29)35(36(38,39)40,37(41,42)43)25-7-11-27(12-8-25)46-28-15-17-30(18-16-28)48(44,45)31-19-23-21-33(3)22-24(20-31)32(23)33/h7-20H,5-6,21-22H2,1-4H3. The van der Waals surface area contributed by atoms with E-state index in [0.29, 0.717) is 12.8 Å². The van der Waals surface area contributed by atoms with Gasteiger partial charge in [-0.3, -0.25) is 0 Å². The lowest BCUT2D eigenvalue weighted by molar-refractivity contribution is -0.288. The molecule has 0 heterocycles. The maximum Gasteiger partial charge on any atom is 0.411 e. The van der Waals surface area contributed by atoms with Crippen molar-refractivity contribution < 1.29 is 44.2 Å². The number of hydrogen-bond donors (Lipinski definition) is 0. The predicted molar refractivity (Wildman–Crippen MR) is 169 cm³/mol. The Hall–Kier alpha value is -3.99. The van der Waals surface area contributed by atoms with Gasteiger partial charge in [0.05, 0.1) is 9.79 Å². The molecule has 2 aliphatic carbocycles. The molecule has 0 saturated heterocycles. The van der Waals surface area contributed by atoms with Crippen molar-refractivity contribution in [2.24, 2.45) is 0 Å². The quantitative estimate of drug-likeness (QED) is 0.156. The molecule has 11 heteroatoms. The lowest BCUT2D eigenvalue weighted by Crippen LogP contribution is -2.54. The van der Waals surface area contributed by atoms with Crippen LogP contribution in [-0.2, 0) is 33.5 Å². The van der Waals surface area contributed by atoms with Crippen LogP contribution in [-0.4, -0.2) is 26.4 Å². The fraction of sp³-hybridized carbons (Fsp3) is 0.351. The van der Waals surface area contributed by atoms with E-state index in [1.807, 2.05) is 20.8 Å². The fourth-order valence-electron chi connectivity index (χ4n) is 6.98. The highest BCUT2D eigenvalue weighted by Crippen LogP contribution is 2.57. The zero-order valence-corrected chi connectivity index (χ0v) is 27.5. The maximum absolute atomic E-state index is 14.7. The number of rotatable bonds is 10. The first-order valence-electron chi connectivity index (χ1n) is 15.6. The predicted octanol–water partition coefficient (Wildman–Crippen LogP) is 10.0. The Morgan fingerprint density at radius 2 is 1.08 bits per heavy atom. The van der Waals surface area contributed by atoms with Crippen molar-refractivity contribution in [1.82, 2.24) is 0 Å². The summed E-state index contributed by atoms with van der Waals surface area (Å²) in [5, 5.41) is 0. The Kier molecular flexibility index (Phi) is 7.97. The summed E-state index contributed by atoms with van der Waals surface area (Å²) < 4.78 is 126. The molecule has 2 aliphatic rings. The van der Waals surface area contributed by atoms with Crippen molar-refractivity contribution in [3.63, 3.8) is 0 Å². The molecule has 0 unspecified atom stereocenters. The van der Waals surface area contributed by atoms with Crippen LogP contribution in [0.4, 0.5) is 26.3 Å². The highest BCUT2D eigenvalue weighted by molar-refractivity contribution is 7.91. The molecule has 0 saturated carbocycles. The summed E-state index contributed by atoms with van der Waals surface area (Å²) in [6.07, 6.45) is -8.64.